The molecule has 0 bridgehead atoms. The van der Waals surface area contributed by atoms with Gasteiger partial charge in [0.15, 0.2) is 17.5 Å². The second-order valence-electron chi connectivity index (χ2n) is 10.4. The van der Waals surface area contributed by atoms with Crippen molar-refractivity contribution < 1.29 is 4.42 Å². The maximum Gasteiger partial charge on any atom is 0.164 e. The predicted molar refractivity (Wildman–Crippen MR) is 174 cm³/mol. The van der Waals surface area contributed by atoms with Gasteiger partial charge in [0.1, 0.15) is 11.2 Å². The Kier molecular flexibility index (Phi) is 6.08. The highest BCUT2D eigenvalue weighted by Gasteiger charge is 2.18. The molecule has 4 heteroatoms. The SMILES string of the molecule is c1ccc(-c2nc(-c3ccccc3)nc(-c3ccc(-c4ccc(-c5ccccc5)c5oc6ccccc6c45)cc3)n2)cc1. The molecule has 2 aromatic heterocycles. The zero-order chi connectivity index (χ0) is 28.6. The quantitative estimate of drug-likeness (QED) is 0.214. The third-order valence-electron chi connectivity index (χ3n) is 7.76. The van der Waals surface area contributed by atoms with Crippen LogP contribution >= 0.6 is 0 Å². The van der Waals surface area contributed by atoms with E-state index in [1.807, 2.05) is 78.9 Å². The summed E-state index contributed by atoms with van der Waals surface area (Å²) in [5.74, 6) is 1.94. The third-order valence-corrected chi connectivity index (χ3v) is 7.76. The minimum Gasteiger partial charge on any atom is -0.455 e. The zero-order valence-electron chi connectivity index (χ0n) is 23.2. The maximum atomic E-state index is 6.48. The number of rotatable bonds is 5. The first kappa shape index (κ1) is 24.9. The number of benzene rings is 6. The van der Waals surface area contributed by atoms with Crippen LogP contribution in [0.5, 0.6) is 0 Å². The van der Waals surface area contributed by atoms with Gasteiger partial charge in [-0.15, -0.1) is 0 Å². The van der Waals surface area contributed by atoms with Gasteiger partial charge in [-0.1, -0.05) is 140 Å². The fraction of sp³-hybridized carbons (Fsp3) is 0. The van der Waals surface area contributed by atoms with Gasteiger partial charge in [-0.05, 0) is 28.8 Å². The minimum absolute atomic E-state index is 0.637. The van der Waals surface area contributed by atoms with E-state index in [4.69, 9.17) is 19.4 Å². The Balaban J connectivity index is 1.26. The summed E-state index contributed by atoms with van der Waals surface area (Å²) in [5, 5.41) is 2.22. The zero-order valence-corrected chi connectivity index (χ0v) is 23.2. The second kappa shape index (κ2) is 10.5. The molecule has 4 nitrogen and oxygen atoms in total. The molecule has 202 valence electrons. The topological polar surface area (TPSA) is 51.8 Å². The van der Waals surface area contributed by atoms with E-state index < -0.39 is 0 Å². The Morgan fingerprint density at radius 1 is 0.349 bits per heavy atom. The first-order valence-corrected chi connectivity index (χ1v) is 14.3. The van der Waals surface area contributed by atoms with Gasteiger partial charge in [0.2, 0.25) is 0 Å². The molecule has 0 aliphatic heterocycles. The smallest absolute Gasteiger partial charge is 0.164 e. The molecule has 0 unspecified atom stereocenters. The van der Waals surface area contributed by atoms with E-state index in [1.54, 1.807) is 0 Å². The van der Waals surface area contributed by atoms with E-state index in [9.17, 15) is 0 Å². The molecule has 8 rings (SSSR count). The average Bonchev–Trinajstić information content (AvgIpc) is 3.49. The monoisotopic (exact) mass is 551 g/mol. The van der Waals surface area contributed by atoms with Crippen molar-refractivity contribution in [2.24, 2.45) is 0 Å². The van der Waals surface area contributed by atoms with Gasteiger partial charge in [0, 0.05) is 33.0 Å². The molecule has 6 aromatic carbocycles. The van der Waals surface area contributed by atoms with Gasteiger partial charge < -0.3 is 4.42 Å². The number of aromatic nitrogens is 3. The fourth-order valence-electron chi connectivity index (χ4n) is 5.65. The number of furan rings is 1. The van der Waals surface area contributed by atoms with Crippen LogP contribution in [0.15, 0.2) is 156 Å². The van der Waals surface area contributed by atoms with Crippen molar-refractivity contribution in [1.82, 2.24) is 15.0 Å². The Hall–Kier alpha value is -5.87. The van der Waals surface area contributed by atoms with Crippen molar-refractivity contribution in [2.75, 3.05) is 0 Å². The number of hydrogen-bond donors (Lipinski definition) is 0. The third kappa shape index (κ3) is 4.55. The van der Waals surface area contributed by atoms with Crippen LogP contribution in [0, 0.1) is 0 Å². The molecule has 0 saturated heterocycles. The molecule has 0 spiro atoms. The van der Waals surface area contributed by atoms with E-state index in [0.717, 1.165) is 60.9 Å². The van der Waals surface area contributed by atoms with Crippen LogP contribution in [0.2, 0.25) is 0 Å². The average molecular weight is 552 g/mol. The lowest BCUT2D eigenvalue weighted by molar-refractivity contribution is 0.670. The van der Waals surface area contributed by atoms with Crippen molar-refractivity contribution in [2.45, 2.75) is 0 Å². The second-order valence-corrected chi connectivity index (χ2v) is 10.4. The standard InChI is InChI=1S/C39H25N3O/c1-4-12-26(13-5-1)32-25-24-31(35-33-18-10-11-19-34(33)43-36(32)35)27-20-22-30(23-21-27)39-41-37(28-14-6-2-7-15-28)40-38(42-39)29-16-8-3-9-17-29/h1-25H. The van der Waals surface area contributed by atoms with Crippen LogP contribution < -0.4 is 0 Å². The van der Waals surface area contributed by atoms with Gasteiger partial charge in [-0.2, -0.15) is 0 Å². The fourth-order valence-corrected chi connectivity index (χ4v) is 5.65. The van der Waals surface area contributed by atoms with Crippen LogP contribution in [-0.2, 0) is 0 Å². The molecular formula is C39H25N3O. The van der Waals surface area contributed by atoms with Gasteiger partial charge in [-0.3, -0.25) is 0 Å². The molecule has 0 N–H and O–H groups in total. The lowest BCUT2D eigenvalue weighted by Gasteiger charge is -2.10. The number of hydrogen-bond acceptors (Lipinski definition) is 4. The summed E-state index contributed by atoms with van der Waals surface area (Å²) in [6, 6.07) is 51.6. The summed E-state index contributed by atoms with van der Waals surface area (Å²) in [5.41, 5.74) is 9.04. The summed E-state index contributed by atoms with van der Waals surface area (Å²) in [4.78, 5) is 14.6. The first-order valence-electron chi connectivity index (χ1n) is 14.3. The molecule has 0 aliphatic carbocycles. The highest BCUT2D eigenvalue weighted by molar-refractivity contribution is 6.16. The van der Waals surface area contributed by atoms with Crippen LogP contribution in [0.3, 0.4) is 0 Å². The first-order chi connectivity index (χ1) is 21.3. The largest absolute Gasteiger partial charge is 0.455 e. The molecule has 2 heterocycles. The van der Waals surface area contributed by atoms with Crippen LogP contribution in [0.4, 0.5) is 0 Å². The molecule has 0 radical (unpaired) electrons. The number of para-hydroxylation sites is 1. The minimum atomic E-state index is 0.637. The highest BCUT2D eigenvalue weighted by atomic mass is 16.3. The Morgan fingerprint density at radius 2 is 0.767 bits per heavy atom. The van der Waals surface area contributed by atoms with Gasteiger partial charge >= 0.3 is 0 Å². The molecular weight excluding hydrogens is 526 g/mol. The van der Waals surface area contributed by atoms with Crippen molar-refractivity contribution in [1.29, 1.82) is 0 Å². The lowest BCUT2D eigenvalue weighted by Crippen LogP contribution is -2.00. The van der Waals surface area contributed by atoms with Crippen molar-refractivity contribution in [3.63, 3.8) is 0 Å². The van der Waals surface area contributed by atoms with E-state index in [1.165, 1.54) is 0 Å². The van der Waals surface area contributed by atoms with Crippen LogP contribution in [0.1, 0.15) is 0 Å². The van der Waals surface area contributed by atoms with Crippen molar-refractivity contribution in [3.8, 4) is 56.4 Å². The Bertz CT molecular complexity index is 2150. The van der Waals surface area contributed by atoms with E-state index >= 15 is 0 Å². The Labute approximate surface area is 249 Å². The van der Waals surface area contributed by atoms with Crippen molar-refractivity contribution in [3.05, 3.63) is 152 Å². The van der Waals surface area contributed by atoms with Gasteiger partial charge in [0.05, 0.1) is 0 Å². The van der Waals surface area contributed by atoms with Crippen LogP contribution in [0.25, 0.3) is 78.4 Å². The molecule has 43 heavy (non-hydrogen) atoms. The predicted octanol–water partition coefficient (Wildman–Crippen LogP) is 10.1. The number of nitrogens with zero attached hydrogens (tertiary/aromatic N) is 3. The van der Waals surface area contributed by atoms with E-state index in [0.29, 0.717) is 17.5 Å². The maximum absolute atomic E-state index is 6.48. The molecule has 0 saturated carbocycles. The molecule has 0 aliphatic rings. The molecule has 0 amide bonds. The summed E-state index contributed by atoms with van der Waals surface area (Å²) < 4.78 is 6.48. The van der Waals surface area contributed by atoms with Gasteiger partial charge in [0.25, 0.3) is 0 Å². The van der Waals surface area contributed by atoms with E-state index in [-0.39, 0.29) is 0 Å². The van der Waals surface area contributed by atoms with E-state index in [2.05, 4.69) is 72.8 Å². The molecule has 0 atom stereocenters. The summed E-state index contributed by atoms with van der Waals surface area (Å²) in [6.45, 7) is 0. The molecule has 8 aromatic rings. The highest BCUT2D eigenvalue weighted by Crippen LogP contribution is 2.42. The number of fused-ring (bicyclic) bond motifs is 3. The normalized spacial score (nSPS) is 11.3. The summed E-state index contributed by atoms with van der Waals surface area (Å²) in [7, 11) is 0. The molecule has 0 fully saturated rings. The van der Waals surface area contributed by atoms with Crippen molar-refractivity contribution >= 4 is 21.9 Å². The summed E-state index contributed by atoms with van der Waals surface area (Å²) >= 11 is 0. The van der Waals surface area contributed by atoms with Gasteiger partial charge in [-0.25, -0.2) is 15.0 Å². The van der Waals surface area contributed by atoms with Crippen LogP contribution in [-0.4, -0.2) is 15.0 Å². The Morgan fingerprint density at radius 3 is 1.35 bits per heavy atom. The summed E-state index contributed by atoms with van der Waals surface area (Å²) in [6.07, 6.45) is 0. The lowest BCUT2D eigenvalue weighted by atomic mass is 9.94.